The molecule has 1 aromatic heterocycles. The van der Waals surface area contributed by atoms with E-state index < -0.39 is 0 Å². The van der Waals surface area contributed by atoms with Crippen LogP contribution in [0.1, 0.15) is 17.2 Å². The summed E-state index contributed by atoms with van der Waals surface area (Å²) in [4.78, 5) is 4.38. The van der Waals surface area contributed by atoms with Crippen molar-refractivity contribution in [2.75, 3.05) is 6.54 Å². The quantitative estimate of drug-likeness (QED) is 0.812. The van der Waals surface area contributed by atoms with Crippen molar-refractivity contribution in [2.24, 2.45) is 5.73 Å². The summed E-state index contributed by atoms with van der Waals surface area (Å²) in [7, 11) is 0. The maximum atomic E-state index is 5.92. The number of nitrogens with two attached hydrogens (primary N) is 1. The monoisotopic (exact) mass is 226 g/mol. The average Bonchev–Trinajstić information content (AvgIpc) is 2.54. The van der Waals surface area contributed by atoms with Gasteiger partial charge in [-0.2, -0.15) is 0 Å². The van der Waals surface area contributed by atoms with Crippen LogP contribution in [0.4, 0.5) is 0 Å². The van der Waals surface area contributed by atoms with E-state index in [1.54, 1.807) is 6.20 Å². The minimum atomic E-state index is 0.280. The molecule has 0 amide bonds. The molecule has 3 nitrogen and oxygen atoms in total. The number of benzene rings is 1. The van der Waals surface area contributed by atoms with Crippen LogP contribution in [0.15, 0.2) is 42.6 Å². The molecule has 1 aliphatic heterocycles. The molecule has 0 spiro atoms. The van der Waals surface area contributed by atoms with Crippen LogP contribution in [0, 0.1) is 0 Å². The second kappa shape index (κ2) is 4.18. The minimum Gasteiger partial charge on any atom is -0.455 e. The van der Waals surface area contributed by atoms with Gasteiger partial charge in [0.15, 0.2) is 0 Å². The molecule has 1 aromatic carbocycles. The van der Waals surface area contributed by atoms with Crippen LogP contribution in [0.3, 0.4) is 0 Å². The molecule has 0 saturated heterocycles. The molecule has 2 heterocycles. The van der Waals surface area contributed by atoms with Gasteiger partial charge in [-0.15, -0.1) is 0 Å². The molecule has 0 saturated carbocycles. The van der Waals surface area contributed by atoms with Gasteiger partial charge >= 0.3 is 0 Å². The number of fused-ring (bicyclic) bond motifs is 2. The minimum absolute atomic E-state index is 0.280. The van der Waals surface area contributed by atoms with E-state index in [-0.39, 0.29) is 5.92 Å². The summed E-state index contributed by atoms with van der Waals surface area (Å²) in [6, 6.07) is 11.9. The average molecular weight is 226 g/mol. The molecule has 86 valence electrons. The van der Waals surface area contributed by atoms with Gasteiger partial charge in [-0.1, -0.05) is 18.2 Å². The Morgan fingerprint density at radius 3 is 2.88 bits per heavy atom. The summed E-state index contributed by atoms with van der Waals surface area (Å²) in [5.41, 5.74) is 8.02. The third-order valence-electron chi connectivity index (χ3n) is 3.15. The molecule has 3 rings (SSSR count). The van der Waals surface area contributed by atoms with Crippen LogP contribution in [0.25, 0.3) is 0 Å². The van der Waals surface area contributed by atoms with E-state index in [9.17, 15) is 0 Å². The third kappa shape index (κ3) is 1.78. The number of aromatic nitrogens is 1. The first-order chi connectivity index (χ1) is 8.38. The second-order valence-electron chi connectivity index (χ2n) is 4.22. The van der Waals surface area contributed by atoms with Gasteiger partial charge in [0.1, 0.15) is 11.5 Å². The zero-order valence-electron chi connectivity index (χ0n) is 9.47. The summed E-state index contributed by atoms with van der Waals surface area (Å²) < 4.78 is 5.92. The lowest BCUT2D eigenvalue weighted by Crippen LogP contribution is -2.14. The van der Waals surface area contributed by atoms with Crippen molar-refractivity contribution >= 4 is 0 Å². The molecule has 17 heavy (non-hydrogen) atoms. The fourth-order valence-corrected chi connectivity index (χ4v) is 2.25. The molecular formula is C14H14N2O. The Morgan fingerprint density at radius 1 is 1.18 bits per heavy atom. The van der Waals surface area contributed by atoms with Crippen LogP contribution in [-0.4, -0.2) is 11.5 Å². The van der Waals surface area contributed by atoms with Crippen molar-refractivity contribution in [2.45, 2.75) is 12.3 Å². The number of hydrogen-bond donors (Lipinski definition) is 1. The van der Waals surface area contributed by atoms with Crippen LogP contribution >= 0.6 is 0 Å². The van der Waals surface area contributed by atoms with Gasteiger partial charge in [0.05, 0.1) is 5.69 Å². The van der Waals surface area contributed by atoms with Gasteiger partial charge in [-0.25, -0.2) is 0 Å². The van der Waals surface area contributed by atoms with Gasteiger partial charge in [0.2, 0.25) is 0 Å². The molecule has 0 bridgehead atoms. The maximum Gasteiger partial charge on any atom is 0.148 e. The van der Waals surface area contributed by atoms with E-state index in [2.05, 4.69) is 11.1 Å². The first kappa shape index (κ1) is 10.3. The van der Waals surface area contributed by atoms with Crippen molar-refractivity contribution < 1.29 is 4.74 Å². The fourth-order valence-electron chi connectivity index (χ4n) is 2.25. The Balaban J connectivity index is 2.13. The first-order valence-electron chi connectivity index (χ1n) is 5.79. The Labute approximate surface area is 100 Å². The summed E-state index contributed by atoms with van der Waals surface area (Å²) in [6.45, 7) is 0.608. The zero-order chi connectivity index (χ0) is 11.7. The maximum absolute atomic E-state index is 5.92. The molecular weight excluding hydrogens is 212 g/mol. The Morgan fingerprint density at radius 2 is 2.00 bits per heavy atom. The Bertz CT molecular complexity index is 539. The number of hydrogen-bond acceptors (Lipinski definition) is 3. The van der Waals surface area contributed by atoms with E-state index in [4.69, 9.17) is 10.5 Å². The van der Waals surface area contributed by atoms with Crippen molar-refractivity contribution in [3.63, 3.8) is 0 Å². The standard InChI is InChI=1S/C14H14N2O/c15-9-10-8-12-14(6-3-7-16-12)17-13-5-2-1-4-11(10)13/h1-7,10H,8-9,15H2/t10-/m0/s1. The Kier molecular flexibility index (Phi) is 2.53. The van der Waals surface area contributed by atoms with E-state index in [1.807, 2.05) is 30.3 Å². The molecule has 2 aromatic rings. The molecule has 0 unspecified atom stereocenters. The predicted molar refractivity (Wildman–Crippen MR) is 66.3 cm³/mol. The largest absolute Gasteiger partial charge is 0.455 e. The van der Waals surface area contributed by atoms with E-state index in [0.29, 0.717) is 6.54 Å². The van der Waals surface area contributed by atoms with Crippen molar-refractivity contribution in [1.82, 2.24) is 4.98 Å². The zero-order valence-corrected chi connectivity index (χ0v) is 9.47. The highest BCUT2D eigenvalue weighted by Crippen LogP contribution is 2.37. The van der Waals surface area contributed by atoms with E-state index in [0.717, 1.165) is 23.6 Å². The predicted octanol–water partition coefficient (Wildman–Crippen LogP) is 2.47. The number of para-hydroxylation sites is 1. The number of rotatable bonds is 1. The van der Waals surface area contributed by atoms with Gasteiger partial charge in [0, 0.05) is 18.5 Å². The first-order valence-corrected chi connectivity index (χ1v) is 5.79. The molecule has 0 radical (unpaired) electrons. The molecule has 1 atom stereocenters. The van der Waals surface area contributed by atoms with Gasteiger partial charge in [-0.3, -0.25) is 4.98 Å². The van der Waals surface area contributed by atoms with Crippen LogP contribution < -0.4 is 10.5 Å². The lowest BCUT2D eigenvalue weighted by Gasteiger charge is -2.13. The second-order valence-corrected chi connectivity index (χ2v) is 4.22. The highest BCUT2D eigenvalue weighted by atomic mass is 16.5. The highest BCUT2D eigenvalue weighted by Gasteiger charge is 2.22. The highest BCUT2D eigenvalue weighted by molar-refractivity contribution is 5.44. The smallest absolute Gasteiger partial charge is 0.148 e. The van der Waals surface area contributed by atoms with Crippen molar-refractivity contribution in [3.8, 4) is 11.5 Å². The lowest BCUT2D eigenvalue weighted by molar-refractivity contribution is 0.475. The van der Waals surface area contributed by atoms with Crippen molar-refractivity contribution in [3.05, 3.63) is 53.9 Å². The van der Waals surface area contributed by atoms with Crippen LogP contribution in [0.5, 0.6) is 11.5 Å². The summed E-state index contributed by atoms with van der Waals surface area (Å²) >= 11 is 0. The lowest BCUT2D eigenvalue weighted by atomic mass is 9.94. The van der Waals surface area contributed by atoms with Gasteiger partial charge in [-0.05, 0) is 30.3 Å². The van der Waals surface area contributed by atoms with Gasteiger partial charge in [0.25, 0.3) is 0 Å². The SMILES string of the molecule is NC[C@@H]1Cc2ncccc2Oc2ccccc21. The topological polar surface area (TPSA) is 48.1 Å². The molecule has 3 heteroatoms. The fraction of sp³-hybridized carbons (Fsp3) is 0.214. The molecule has 2 N–H and O–H groups in total. The van der Waals surface area contributed by atoms with Gasteiger partial charge < -0.3 is 10.5 Å². The van der Waals surface area contributed by atoms with Crippen LogP contribution in [-0.2, 0) is 6.42 Å². The van der Waals surface area contributed by atoms with Crippen LogP contribution in [0.2, 0.25) is 0 Å². The normalized spacial score (nSPS) is 17.6. The van der Waals surface area contributed by atoms with E-state index in [1.165, 1.54) is 5.56 Å². The number of nitrogens with zero attached hydrogens (tertiary/aromatic N) is 1. The summed E-state index contributed by atoms with van der Waals surface area (Å²) in [6.07, 6.45) is 2.63. The van der Waals surface area contributed by atoms with E-state index >= 15 is 0 Å². The third-order valence-corrected chi connectivity index (χ3v) is 3.15. The van der Waals surface area contributed by atoms with Crippen molar-refractivity contribution in [1.29, 1.82) is 0 Å². The summed E-state index contributed by atoms with van der Waals surface area (Å²) in [5.74, 6) is 2.02. The Hall–Kier alpha value is -1.87. The molecule has 1 aliphatic rings. The summed E-state index contributed by atoms with van der Waals surface area (Å²) in [5, 5.41) is 0. The molecule has 0 aliphatic carbocycles. The number of pyridine rings is 1. The number of ether oxygens (including phenoxy) is 1. The molecule has 0 fully saturated rings.